The first-order valence-electron chi connectivity index (χ1n) is 8.83. The summed E-state index contributed by atoms with van der Waals surface area (Å²) in [6.45, 7) is -0.00591. The summed E-state index contributed by atoms with van der Waals surface area (Å²) in [6, 6.07) is 2.62. The summed E-state index contributed by atoms with van der Waals surface area (Å²) in [7, 11) is -2.92. The number of sulfone groups is 1. The smallest absolute Gasteiger partial charge is 0.348 e. The maximum atomic E-state index is 13.4. The van der Waals surface area contributed by atoms with E-state index in [9.17, 15) is 30.8 Å². The molecule has 11 heteroatoms. The maximum Gasteiger partial charge on any atom is 0.419 e. The van der Waals surface area contributed by atoms with Gasteiger partial charge in [-0.05, 0) is 30.5 Å². The highest BCUT2D eigenvalue weighted by atomic mass is 32.2. The van der Waals surface area contributed by atoms with E-state index < -0.39 is 33.3 Å². The first-order valence-corrected chi connectivity index (χ1v) is 10.7. The van der Waals surface area contributed by atoms with Gasteiger partial charge in [0.25, 0.3) is 5.91 Å². The second kappa shape index (κ2) is 6.54. The third kappa shape index (κ3) is 4.00. The van der Waals surface area contributed by atoms with Gasteiger partial charge in [-0.15, -0.1) is 0 Å². The summed E-state index contributed by atoms with van der Waals surface area (Å²) in [5.74, 6) is -1.44. The summed E-state index contributed by atoms with van der Waals surface area (Å²) in [4.78, 5) is 16.2. The van der Waals surface area contributed by atoms with E-state index in [2.05, 4.69) is 10.3 Å². The summed E-state index contributed by atoms with van der Waals surface area (Å²) < 4.78 is 75.9. The molecule has 2 fully saturated rings. The molecule has 1 saturated carbocycles. The Bertz CT molecular complexity index is 1060. The number of halogens is 4. The van der Waals surface area contributed by atoms with Crippen molar-refractivity contribution in [3.8, 4) is 0 Å². The number of amides is 1. The molecule has 1 saturated heterocycles. The van der Waals surface area contributed by atoms with Gasteiger partial charge in [0, 0.05) is 24.2 Å². The second-order valence-electron chi connectivity index (χ2n) is 7.85. The number of nitrogens with one attached hydrogen (secondary N) is 1. The highest BCUT2D eigenvalue weighted by Crippen LogP contribution is 2.49. The Hall–Kier alpha value is -2.43. The van der Waals surface area contributed by atoms with E-state index in [1.54, 1.807) is 0 Å². The van der Waals surface area contributed by atoms with Crippen molar-refractivity contribution in [3.63, 3.8) is 0 Å². The number of aromatic nitrogens is 2. The number of rotatable bonds is 4. The van der Waals surface area contributed by atoms with Gasteiger partial charge in [-0.2, -0.15) is 13.2 Å². The fourth-order valence-electron chi connectivity index (χ4n) is 4.14. The molecule has 2 aliphatic rings. The predicted molar refractivity (Wildman–Crippen MR) is 94.3 cm³/mol. The number of hydrogen-bond donors (Lipinski definition) is 1. The number of carbonyl (C=O) groups is 1. The van der Waals surface area contributed by atoms with Crippen molar-refractivity contribution in [1.82, 2.24) is 14.9 Å². The van der Waals surface area contributed by atoms with E-state index in [-0.39, 0.29) is 40.8 Å². The van der Waals surface area contributed by atoms with Crippen LogP contribution in [0, 0.1) is 11.2 Å². The van der Waals surface area contributed by atoms with Crippen molar-refractivity contribution >= 4 is 15.7 Å². The van der Waals surface area contributed by atoms with Crippen LogP contribution in [0.1, 0.15) is 34.5 Å². The van der Waals surface area contributed by atoms with E-state index in [0.29, 0.717) is 12.8 Å². The van der Waals surface area contributed by atoms with Crippen molar-refractivity contribution < 1.29 is 30.8 Å². The summed E-state index contributed by atoms with van der Waals surface area (Å²) >= 11 is 0. The SMILES string of the molecule is O=C(NC1CC2(C1)CS(=O)(=O)C2)c1cn(Cc2ccc(F)c(C(F)(F)F)c2)cn1. The summed E-state index contributed by atoms with van der Waals surface area (Å²) in [5.41, 5.74) is -1.22. The zero-order chi connectivity index (χ0) is 21.0. The molecule has 1 spiro atoms. The van der Waals surface area contributed by atoms with Crippen LogP contribution in [-0.2, 0) is 22.6 Å². The fourth-order valence-corrected chi connectivity index (χ4v) is 6.39. The molecule has 4 rings (SSSR count). The van der Waals surface area contributed by atoms with Gasteiger partial charge in [0.15, 0.2) is 9.84 Å². The van der Waals surface area contributed by atoms with Crippen LogP contribution in [0.15, 0.2) is 30.7 Å². The van der Waals surface area contributed by atoms with Crippen molar-refractivity contribution in [2.24, 2.45) is 5.41 Å². The van der Waals surface area contributed by atoms with E-state index in [0.717, 1.165) is 12.1 Å². The first kappa shape index (κ1) is 19.9. The lowest BCUT2D eigenvalue weighted by molar-refractivity contribution is -0.140. The molecule has 0 unspecified atom stereocenters. The molecule has 1 aliphatic carbocycles. The molecule has 1 aromatic heterocycles. The minimum absolute atomic E-state index is 0.00591. The minimum Gasteiger partial charge on any atom is -0.348 e. The van der Waals surface area contributed by atoms with Crippen LogP contribution >= 0.6 is 0 Å². The van der Waals surface area contributed by atoms with Gasteiger partial charge in [-0.1, -0.05) is 6.07 Å². The molecule has 1 amide bonds. The first-order chi connectivity index (χ1) is 13.4. The van der Waals surface area contributed by atoms with Gasteiger partial charge in [-0.3, -0.25) is 4.79 Å². The molecule has 2 heterocycles. The number of benzene rings is 1. The number of carbonyl (C=O) groups excluding carboxylic acids is 1. The van der Waals surface area contributed by atoms with Gasteiger partial charge in [0.1, 0.15) is 11.5 Å². The molecule has 1 aromatic carbocycles. The molecule has 6 nitrogen and oxygen atoms in total. The largest absolute Gasteiger partial charge is 0.419 e. The number of imidazole rings is 1. The van der Waals surface area contributed by atoms with Crippen LogP contribution < -0.4 is 5.32 Å². The van der Waals surface area contributed by atoms with Crippen LogP contribution in [0.2, 0.25) is 0 Å². The molecule has 0 radical (unpaired) electrons. The second-order valence-corrected chi connectivity index (χ2v) is 9.92. The van der Waals surface area contributed by atoms with Crippen LogP contribution in [0.4, 0.5) is 17.6 Å². The topological polar surface area (TPSA) is 81.1 Å². The molecule has 1 N–H and O–H groups in total. The monoisotopic (exact) mass is 431 g/mol. The van der Waals surface area contributed by atoms with Crippen molar-refractivity contribution in [3.05, 3.63) is 53.4 Å². The summed E-state index contributed by atoms with van der Waals surface area (Å²) in [6.07, 6.45) is -0.872. The van der Waals surface area contributed by atoms with Crippen LogP contribution in [0.25, 0.3) is 0 Å². The Labute approximate surface area is 163 Å². The van der Waals surface area contributed by atoms with E-state index in [4.69, 9.17) is 0 Å². The molecular formula is C18H17F4N3O3S. The average molecular weight is 431 g/mol. The van der Waals surface area contributed by atoms with Gasteiger partial charge in [0.05, 0.1) is 23.4 Å². The lowest BCUT2D eigenvalue weighted by Gasteiger charge is -2.52. The standard InChI is InChI=1S/C18H17F4N3O3S/c19-14-2-1-11(3-13(14)18(20,21)22)6-25-7-15(23-10-25)16(26)24-12-4-17(5-12)8-29(27,28)9-17/h1-3,7,10,12H,4-6,8-9H2,(H,24,26). The van der Waals surface area contributed by atoms with Crippen molar-refractivity contribution in [2.45, 2.75) is 31.6 Å². The maximum absolute atomic E-state index is 13.4. The highest BCUT2D eigenvalue weighted by Gasteiger charge is 2.56. The van der Waals surface area contributed by atoms with Gasteiger partial charge in [-0.25, -0.2) is 17.8 Å². The molecular weight excluding hydrogens is 414 g/mol. The Balaban J connectivity index is 1.36. The van der Waals surface area contributed by atoms with Gasteiger partial charge >= 0.3 is 6.18 Å². The highest BCUT2D eigenvalue weighted by molar-refractivity contribution is 7.92. The fraction of sp³-hybridized carbons (Fsp3) is 0.444. The molecule has 2 aromatic rings. The lowest BCUT2D eigenvalue weighted by Crippen LogP contribution is -2.62. The van der Waals surface area contributed by atoms with E-state index >= 15 is 0 Å². The number of alkyl halides is 3. The normalized spacial score (nSPS) is 20.1. The Morgan fingerprint density at radius 2 is 1.97 bits per heavy atom. The average Bonchev–Trinajstić information content (AvgIpc) is 3.01. The summed E-state index contributed by atoms with van der Waals surface area (Å²) in [5, 5.41) is 2.79. The number of nitrogens with zero attached hydrogens (tertiary/aromatic N) is 2. The van der Waals surface area contributed by atoms with Crippen LogP contribution in [0.5, 0.6) is 0 Å². The Kier molecular flexibility index (Phi) is 4.48. The number of hydrogen-bond acceptors (Lipinski definition) is 4. The van der Waals surface area contributed by atoms with Crippen LogP contribution in [-0.4, -0.2) is 41.4 Å². The van der Waals surface area contributed by atoms with Crippen molar-refractivity contribution in [1.29, 1.82) is 0 Å². The molecule has 0 bridgehead atoms. The van der Waals surface area contributed by atoms with Crippen molar-refractivity contribution in [2.75, 3.05) is 11.5 Å². The molecule has 29 heavy (non-hydrogen) atoms. The third-order valence-corrected chi connectivity index (χ3v) is 7.42. The zero-order valence-corrected chi connectivity index (χ0v) is 15.9. The molecule has 156 valence electrons. The van der Waals surface area contributed by atoms with E-state index in [1.807, 2.05) is 0 Å². The lowest BCUT2D eigenvalue weighted by atomic mass is 9.67. The quantitative estimate of drug-likeness (QED) is 0.754. The van der Waals surface area contributed by atoms with Gasteiger partial charge < -0.3 is 9.88 Å². The Morgan fingerprint density at radius 1 is 1.28 bits per heavy atom. The zero-order valence-electron chi connectivity index (χ0n) is 15.0. The molecule has 0 atom stereocenters. The predicted octanol–water partition coefficient (Wildman–Crippen LogP) is 2.40. The minimum atomic E-state index is -4.79. The Morgan fingerprint density at radius 3 is 2.59 bits per heavy atom. The van der Waals surface area contributed by atoms with Gasteiger partial charge in [0.2, 0.25) is 0 Å². The third-order valence-electron chi connectivity index (χ3n) is 5.31. The van der Waals surface area contributed by atoms with Crippen LogP contribution in [0.3, 0.4) is 0 Å². The molecule has 1 aliphatic heterocycles. The van der Waals surface area contributed by atoms with E-state index in [1.165, 1.54) is 23.2 Å².